The van der Waals surface area contributed by atoms with Gasteiger partial charge in [0.1, 0.15) is 0 Å². The highest BCUT2D eigenvalue weighted by Gasteiger charge is 1.06. The van der Waals surface area contributed by atoms with Crippen LogP contribution in [0.5, 0.6) is 0 Å². The van der Waals surface area contributed by atoms with E-state index in [1.165, 1.54) is 16.3 Å². The minimum absolute atomic E-state index is 0. The second kappa shape index (κ2) is 32.2. The zero-order valence-electron chi connectivity index (χ0n) is 2.82. The fourth-order valence-electron chi connectivity index (χ4n) is 0. The third-order valence-electron chi connectivity index (χ3n) is 0. The van der Waals surface area contributed by atoms with Crippen molar-refractivity contribution in [3.05, 3.63) is 0 Å². The van der Waals surface area contributed by atoms with Crippen LogP contribution in [0.3, 0.4) is 0 Å². The molecule has 0 rings (SSSR count). The van der Waals surface area contributed by atoms with Gasteiger partial charge in [-0.05, 0) is 0 Å². The van der Waals surface area contributed by atoms with Crippen LogP contribution in [0.1, 0.15) is 0 Å². The Bertz CT molecular complexity index is 6.00. The number of halogens is 2. The van der Waals surface area contributed by atoms with Crippen molar-refractivity contribution < 1.29 is 0 Å². The van der Waals surface area contributed by atoms with E-state index in [0.717, 1.165) is 0 Å². The van der Waals surface area contributed by atoms with Crippen LogP contribution in [0.2, 0.25) is 5.79 Å². The van der Waals surface area contributed by atoms with Gasteiger partial charge < -0.3 is 0 Å². The first kappa shape index (κ1) is 19.4. The number of hydrogen-bond acceptors (Lipinski definition) is 0. The van der Waals surface area contributed by atoms with E-state index < -0.39 is 0 Å². The van der Waals surface area contributed by atoms with E-state index in [4.69, 9.17) is 0 Å². The molecule has 0 heterocycles. The predicted molar refractivity (Wildman–Crippen MR) is 28.9 cm³/mol. The zero-order chi connectivity index (χ0) is 2.00. The average Bonchev–Trinajstić information content (AvgIpc) is 1.00. The molecule has 0 unspecified atom stereocenters. The maximum atomic E-state index is 2.14. The summed E-state index contributed by atoms with van der Waals surface area (Å²) in [6.07, 6.45) is 0. The van der Waals surface area contributed by atoms with Gasteiger partial charge in [0.15, 0.2) is 0 Å². The summed E-state index contributed by atoms with van der Waals surface area (Å²) in [6, 6.07) is 0. The highest BCUT2D eigenvalue weighted by Crippen LogP contribution is 0.960. The van der Waals surface area contributed by atoms with Gasteiger partial charge >= 0.3 is 0 Å². The Balaban J connectivity index is -0.00000000500. The molecule has 0 fully saturated rings. The van der Waals surface area contributed by atoms with Crippen molar-refractivity contribution in [1.29, 1.82) is 0 Å². The summed E-state index contributed by atoms with van der Waals surface area (Å²) < 4.78 is 0. The lowest BCUT2D eigenvalue weighted by Crippen LogP contribution is -1.13. The number of rotatable bonds is 0. The molecule has 0 saturated heterocycles. The molecule has 3 heteroatoms. The molecule has 28 valence electrons. The molecule has 0 saturated carbocycles. The largest absolute Gasteiger partial charge is 0.207 e. The molecular weight excluding hydrogens is 110 g/mol. The molecule has 0 aromatic carbocycles. The minimum atomic E-state index is 0. The topological polar surface area (TPSA) is 0 Å². The Kier molecular flexibility index (Phi) is 156. The zero-order valence-corrected chi connectivity index (χ0v) is 6.45. The molecule has 0 spiro atoms. The smallest absolute Gasteiger partial charge is 0.147 e. The molecular formula is CH7AlCl2. The quantitative estimate of drug-likeness (QED) is 0.405. The lowest BCUT2D eigenvalue weighted by molar-refractivity contribution is 2.40. The highest BCUT2D eigenvalue weighted by atomic mass is 35.5. The molecule has 0 N–H and O–H groups in total. The summed E-state index contributed by atoms with van der Waals surface area (Å²) in [5.74, 6) is 2.14. The second-order valence-electron chi connectivity index (χ2n) is 0. The Hall–Kier alpha value is 1.11. The molecule has 0 aliphatic heterocycles. The maximum absolute atomic E-state index is 2.14. The van der Waals surface area contributed by atoms with Gasteiger partial charge in [0.05, 0.1) is 0 Å². The lowest BCUT2D eigenvalue weighted by atomic mass is 11.9. The van der Waals surface area contributed by atoms with Gasteiger partial charge in [-0.15, -0.1) is 30.6 Å². The Morgan fingerprint density at radius 3 is 1.00 bits per heavy atom. The summed E-state index contributed by atoms with van der Waals surface area (Å²) in [4.78, 5) is 0. The van der Waals surface area contributed by atoms with Crippen molar-refractivity contribution in [3.63, 3.8) is 0 Å². The maximum Gasteiger partial charge on any atom is 0.207 e. The standard InChI is InChI=1S/CH3.Al.2ClH.2H/h1H3;;2*1H;;. The molecule has 0 aliphatic rings. The van der Waals surface area contributed by atoms with Gasteiger partial charge in [0.25, 0.3) is 0 Å². The third kappa shape index (κ3) is 11.2. The van der Waals surface area contributed by atoms with E-state index in [2.05, 4.69) is 5.79 Å². The van der Waals surface area contributed by atoms with Crippen LogP contribution in [0.15, 0.2) is 0 Å². The summed E-state index contributed by atoms with van der Waals surface area (Å²) >= 11 is 1.31. The molecule has 0 atom stereocenters. The van der Waals surface area contributed by atoms with E-state index >= 15 is 0 Å². The monoisotopic (exact) mass is 116 g/mol. The van der Waals surface area contributed by atoms with Crippen molar-refractivity contribution in [2.45, 2.75) is 5.79 Å². The molecule has 0 aromatic heterocycles. The average molecular weight is 117 g/mol. The first-order valence-corrected chi connectivity index (χ1v) is 3.00. The summed E-state index contributed by atoms with van der Waals surface area (Å²) in [6.45, 7) is 0. The highest BCUT2D eigenvalue weighted by molar-refractivity contribution is 6.05. The molecule has 4 heavy (non-hydrogen) atoms. The summed E-state index contributed by atoms with van der Waals surface area (Å²) in [7, 11) is 0. The Morgan fingerprint density at radius 2 is 1.00 bits per heavy atom. The van der Waals surface area contributed by atoms with Crippen molar-refractivity contribution in [1.82, 2.24) is 0 Å². The first-order valence-electron chi connectivity index (χ1n) is 1.00. The molecule has 0 amide bonds. The van der Waals surface area contributed by atoms with Gasteiger partial charge in [-0.2, -0.15) is 0 Å². The normalized spacial score (nSPS) is 1.25. The van der Waals surface area contributed by atoms with Crippen LogP contribution >= 0.6 is 24.8 Å². The van der Waals surface area contributed by atoms with Gasteiger partial charge in [-0.25, -0.2) is 0 Å². The van der Waals surface area contributed by atoms with Gasteiger partial charge in [-0.1, -0.05) is 0 Å². The van der Waals surface area contributed by atoms with E-state index in [-0.39, 0.29) is 24.8 Å². The Morgan fingerprint density at radius 1 is 1.00 bits per heavy atom. The summed E-state index contributed by atoms with van der Waals surface area (Å²) in [5, 5.41) is 0. The fourth-order valence-corrected chi connectivity index (χ4v) is 0. The van der Waals surface area contributed by atoms with Crippen LogP contribution in [0, 0.1) is 0 Å². The van der Waals surface area contributed by atoms with Crippen LogP contribution < -0.4 is 0 Å². The van der Waals surface area contributed by atoms with E-state index in [0.29, 0.717) is 0 Å². The molecule has 0 bridgehead atoms. The summed E-state index contributed by atoms with van der Waals surface area (Å²) in [5.41, 5.74) is 0. The first-order chi connectivity index (χ1) is 1.00. The van der Waals surface area contributed by atoms with E-state index in [1.54, 1.807) is 0 Å². The van der Waals surface area contributed by atoms with Crippen molar-refractivity contribution in [2.75, 3.05) is 0 Å². The van der Waals surface area contributed by atoms with Crippen LogP contribution in [-0.2, 0) is 0 Å². The molecule has 0 aliphatic carbocycles. The van der Waals surface area contributed by atoms with Crippen LogP contribution in [0.4, 0.5) is 0 Å². The van der Waals surface area contributed by atoms with Crippen molar-refractivity contribution >= 4 is 41.1 Å². The third-order valence-corrected chi connectivity index (χ3v) is 0. The number of hydrogen-bond donors (Lipinski definition) is 0. The Labute approximate surface area is 47.2 Å². The van der Waals surface area contributed by atoms with Gasteiger partial charge in [0.2, 0.25) is 16.3 Å². The van der Waals surface area contributed by atoms with Crippen molar-refractivity contribution in [2.24, 2.45) is 0 Å². The van der Waals surface area contributed by atoms with Gasteiger partial charge in [-0.3, -0.25) is 0 Å². The predicted octanol–water partition coefficient (Wildman–Crippen LogP) is 0.511. The van der Waals surface area contributed by atoms with Gasteiger partial charge in [0, 0.05) is 0 Å². The SMILES string of the molecule is Cl.Cl.[CH3][AlH2]. The minimum Gasteiger partial charge on any atom is -0.147 e. The lowest BCUT2D eigenvalue weighted by Gasteiger charge is -0.965. The molecule has 0 nitrogen and oxygen atoms in total. The van der Waals surface area contributed by atoms with Crippen LogP contribution in [0.25, 0.3) is 0 Å². The molecule has 0 aromatic rings. The van der Waals surface area contributed by atoms with E-state index in [9.17, 15) is 0 Å². The molecule has 0 radical (unpaired) electrons. The fraction of sp³-hybridized carbons (Fsp3) is 1.00. The van der Waals surface area contributed by atoms with Crippen LogP contribution in [-0.4, -0.2) is 16.3 Å². The van der Waals surface area contributed by atoms with Crippen molar-refractivity contribution in [3.8, 4) is 0 Å². The van der Waals surface area contributed by atoms with E-state index in [1.807, 2.05) is 0 Å². The second-order valence-corrected chi connectivity index (χ2v) is 0.